The van der Waals surface area contributed by atoms with Crippen molar-refractivity contribution in [2.24, 2.45) is 0 Å². The van der Waals surface area contributed by atoms with E-state index in [4.69, 9.17) is 15.3 Å². The fourth-order valence-corrected chi connectivity index (χ4v) is 0.741. The molecule has 0 heterocycles. The van der Waals surface area contributed by atoms with Crippen molar-refractivity contribution in [2.45, 2.75) is 5.54 Å². The molecule has 5 heteroatoms. The Morgan fingerprint density at radius 3 is 1.92 bits per heavy atom. The molecule has 0 amide bonds. The van der Waals surface area contributed by atoms with Crippen LogP contribution in [0.15, 0.2) is 11.1 Å². The molecule has 0 aromatic rings. The molecule has 12 heavy (non-hydrogen) atoms. The van der Waals surface area contributed by atoms with E-state index in [1.807, 2.05) is 0 Å². The van der Waals surface area contributed by atoms with E-state index in [-0.39, 0.29) is 19.8 Å². The largest absolute Gasteiger partial charge is 0.394 e. The Balaban J connectivity index is 4.01. The molecule has 0 fully saturated rings. The summed E-state index contributed by atoms with van der Waals surface area (Å²) in [4.78, 5) is 0. The first-order valence-electron chi connectivity index (χ1n) is 3.51. The third kappa shape index (κ3) is 3.64. The standard InChI is InChI=1S/C7H14BrNO3/c1-6(8)2-9-7(3-10,4-11)5-12/h9-12H,1-5H2. The van der Waals surface area contributed by atoms with E-state index in [2.05, 4.69) is 27.8 Å². The van der Waals surface area contributed by atoms with Crippen molar-refractivity contribution in [3.8, 4) is 0 Å². The molecule has 0 aliphatic rings. The maximum Gasteiger partial charge on any atom is 0.0884 e. The first-order chi connectivity index (χ1) is 5.60. The topological polar surface area (TPSA) is 72.7 Å². The van der Waals surface area contributed by atoms with Gasteiger partial charge >= 0.3 is 0 Å². The fourth-order valence-electron chi connectivity index (χ4n) is 0.601. The molecule has 0 aliphatic heterocycles. The summed E-state index contributed by atoms with van der Waals surface area (Å²) in [5, 5.41) is 29.4. The van der Waals surface area contributed by atoms with Gasteiger partial charge in [0, 0.05) is 11.0 Å². The zero-order chi connectivity index (χ0) is 9.61. The number of nitrogens with one attached hydrogen (secondary N) is 1. The van der Waals surface area contributed by atoms with E-state index in [0.717, 1.165) is 0 Å². The minimum atomic E-state index is -1.02. The van der Waals surface area contributed by atoms with Crippen molar-refractivity contribution in [3.63, 3.8) is 0 Å². The molecule has 72 valence electrons. The van der Waals surface area contributed by atoms with Crippen molar-refractivity contribution in [3.05, 3.63) is 11.1 Å². The quantitative estimate of drug-likeness (QED) is 0.490. The Labute approximate surface area is 80.0 Å². The van der Waals surface area contributed by atoms with Crippen LogP contribution >= 0.6 is 15.9 Å². The highest BCUT2D eigenvalue weighted by Crippen LogP contribution is 2.04. The molecule has 0 aliphatic carbocycles. The Hall–Kier alpha value is 0.0600. The summed E-state index contributed by atoms with van der Waals surface area (Å²) in [6.45, 7) is 3.00. The second-order valence-electron chi connectivity index (χ2n) is 2.63. The summed E-state index contributed by atoms with van der Waals surface area (Å²) in [5.74, 6) is 0. The third-order valence-corrected chi connectivity index (χ3v) is 1.84. The summed E-state index contributed by atoms with van der Waals surface area (Å²) < 4.78 is 0.697. The molecular formula is C7H14BrNO3. The number of hydrogen-bond donors (Lipinski definition) is 4. The number of aliphatic hydroxyl groups excluding tert-OH is 3. The van der Waals surface area contributed by atoms with Crippen molar-refractivity contribution in [1.82, 2.24) is 5.32 Å². The van der Waals surface area contributed by atoms with E-state index in [1.165, 1.54) is 0 Å². The van der Waals surface area contributed by atoms with Gasteiger partial charge in [0.25, 0.3) is 0 Å². The van der Waals surface area contributed by atoms with Crippen molar-refractivity contribution in [2.75, 3.05) is 26.4 Å². The van der Waals surface area contributed by atoms with Gasteiger partial charge in [-0.05, 0) is 0 Å². The van der Waals surface area contributed by atoms with Crippen LogP contribution < -0.4 is 5.32 Å². The molecule has 0 atom stereocenters. The van der Waals surface area contributed by atoms with Crippen LogP contribution in [0.1, 0.15) is 0 Å². The Morgan fingerprint density at radius 1 is 1.25 bits per heavy atom. The zero-order valence-electron chi connectivity index (χ0n) is 6.76. The van der Waals surface area contributed by atoms with Gasteiger partial charge in [-0.25, -0.2) is 0 Å². The fraction of sp³-hybridized carbons (Fsp3) is 0.714. The van der Waals surface area contributed by atoms with E-state index < -0.39 is 5.54 Å². The van der Waals surface area contributed by atoms with Crippen LogP contribution in [0.4, 0.5) is 0 Å². The summed E-state index contributed by atoms with van der Waals surface area (Å²) in [5.41, 5.74) is -1.02. The Morgan fingerprint density at radius 2 is 1.67 bits per heavy atom. The summed E-state index contributed by atoms with van der Waals surface area (Å²) in [7, 11) is 0. The van der Waals surface area contributed by atoms with Crippen LogP contribution in [0.2, 0.25) is 0 Å². The van der Waals surface area contributed by atoms with E-state index >= 15 is 0 Å². The van der Waals surface area contributed by atoms with Gasteiger partial charge in [0.15, 0.2) is 0 Å². The summed E-state index contributed by atoms with van der Waals surface area (Å²) in [6.07, 6.45) is 0. The second-order valence-corrected chi connectivity index (χ2v) is 3.75. The van der Waals surface area contributed by atoms with Crippen LogP contribution in [0.25, 0.3) is 0 Å². The van der Waals surface area contributed by atoms with Gasteiger partial charge in [0.2, 0.25) is 0 Å². The molecule has 4 N–H and O–H groups in total. The number of hydrogen-bond acceptors (Lipinski definition) is 4. The van der Waals surface area contributed by atoms with E-state index in [1.54, 1.807) is 0 Å². The molecule has 0 spiro atoms. The normalized spacial score (nSPS) is 11.7. The number of rotatable bonds is 6. The lowest BCUT2D eigenvalue weighted by atomic mass is 10.0. The van der Waals surface area contributed by atoms with Gasteiger partial charge in [-0.1, -0.05) is 22.5 Å². The molecule has 0 radical (unpaired) electrons. The average Bonchev–Trinajstić information content (AvgIpc) is 2.08. The summed E-state index contributed by atoms with van der Waals surface area (Å²) in [6, 6.07) is 0. The molecule has 0 bridgehead atoms. The molecule has 0 rings (SSSR count). The van der Waals surface area contributed by atoms with E-state index in [9.17, 15) is 0 Å². The second kappa shape index (κ2) is 5.66. The maximum atomic E-state index is 8.86. The van der Waals surface area contributed by atoms with Crippen LogP contribution in [-0.4, -0.2) is 47.2 Å². The van der Waals surface area contributed by atoms with Crippen LogP contribution in [0.3, 0.4) is 0 Å². The molecule has 0 aromatic carbocycles. The summed E-state index contributed by atoms with van der Waals surface area (Å²) >= 11 is 3.11. The lowest BCUT2D eigenvalue weighted by Crippen LogP contribution is -2.55. The zero-order valence-corrected chi connectivity index (χ0v) is 8.34. The van der Waals surface area contributed by atoms with Crippen LogP contribution in [0.5, 0.6) is 0 Å². The Bertz CT molecular complexity index is 139. The molecule has 0 saturated heterocycles. The predicted octanol–water partition coefficient (Wildman–Crippen LogP) is -0.800. The van der Waals surface area contributed by atoms with Gasteiger partial charge in [0.05, 0.1) is 25.4 Å². The van der Waals surface area contributed by atoms with E-state index in [0.29, 0.717) is 11.0 Å². The highest BCUT2D eigenvalue weighted by molar-refractivity contribution is 9.11. The SMILES string of the molecule is C=C(Br)CNC(CO)(CO)CO. The van der Waals surface area contributed by atoms with Gasteiger partial charge in [-0.15, -0.1) is 0 Å². The van der Waals surface area contributed by atoms with Gasteiger partial charge in [-0.3, -0.25) is 0 Å². The first-order valence-corrected chi connectivity index (χ1v) is 4.30. The lowest BCUT2D eigenvalue weighted by molar-refractivity contribution is 0.0451. The maximum absolute atomic E-state index is 8.86. The van der Waals surface area contributed by atoms with Crippen LogP contribution in [-0.2, 0) is 0 Å². The lowest BCUT2D eigenvalue weighted by Gasteiger charge is -2.28. The minimum Gasteiger partial charge on any atom is -0.394 e. The molecular weight excluding hydrogens is 226 g/mol. The number of halogens is 1. The minimum absolute atomic E-state index is 0.319. The molecule has 4 nitrogen and oxygen atoms in total. The van der Waals surface area contributed by atoms with Gasteiger partial charge in [-0.2, -0.15) is 0 Å². The predicted molar refractivity (Wildman–Crippen MR) is 50.1 cm³/mol. The molecule has 0 aromatic heterocycles. The van der Waals surface area contributed by atoms with Gasteiger partial charge < -0.3 is 20.6 Å². The first kappa shape index (κ1) is 12.1. The highest BCUT2D eigenvalue weighted by Gasteiger charge is 2.26. The van der Waals surface area contributed by atoms with Gasteiger partial charge in [0.1, 0.15) is 0 Å². The Kier molecular flexibility index (Phi) is 5.69. The highest BCUT2D eigenvalue weighted by atomic mass is 79.9. The van der Waals surface area contributed by atoms with Crippen molar-refractivity contribution in [1.29, 1.82) is 0 Å². The molecule has 0 saturated carbocycles. The van der Waals surface area contributed by atoms with Crippen molar-refractivity contribution >= 4 is 15.9 Å². The van der Waals surface area contributed by atoms with Crippen LogP contribution in [0, 0.1) is 0 Å². The number of aliphatic hydroxyl groups is 3. The smallest absolute Gasteiger partial charge is 0.0884 e. The third-order valence-electron chi connectivity index (χ3n) is 1.56. The van der Waals surface area contributed by atoms with Crippen molar-refractivity contribution < 1.29 is 15.3 Å². The average molecular weight is 240 g/mol. The molecule has 0 unspecified atom stereocenters. The monoisotopic (exact) mass is 239 g/mol.